The molecule has 1 fully saturated rings. The second kappa shape index (κ2) is 8.47. The van der Waals surface area contributed by atoms with Crippen LogP contribution < -0.4 is 10.6 Å². The third-order valence-electron chi connectivity index (χ3n) is 5.16. The van der Waals surface area contributed by atoms with E-state index in [1.54, 1.807) is 24.4 Å². The van der Waals surface area contributed by atoms with E-state index in [1.807, 2.05) is 34.1 Å². The van der Waals surface area contributed by atoms with E-state index >= 15 is 0 Å². The number of halogens is 3. The van der Waals surface area contributed by atoms with Crippen LogP contribution in [0.15, 0.2) is 48.8 Å². The highest BCUT2D eigenvalue weighted by atomic mass is 32.1. The predicted octanol–water partition coefficient (Wildman–Crippen LogP) is 4.32. The summed E-state index contributed by atoms with van der Waals surface area (Å²) in [4.78, 5) is 16.4. The van der Waals surface area contributed by atoms with Crippen LogP contribution in [0.1, 0.15) is 18.4 Å². The molecule has 1 aliphatic rings. The molecule has 0 aliphatic heterocycles. The third-order valence-corrected chi connectivity index (χ3v) is 6.07. The van der Waals surface area contributed by atoms with E-state index in [1.165, 1.54) is 11.3 Å². The van der Waals surface area contributed by atoms with E-state index in [2.05, 4.69) is 20.5 Å². The van der Waals surface area contributed by atoms with Crippen LogP contribution in [0.4, 0.5) is 18.3 Å². The van der Waals surface area contributed by atoms with Gasteiger partial charge in [0.1, 0.15) is 17.2 Å². The maximum Gasteiger partial charge on any atom is 0.405 e. The number of benzene rings is 1. The lowest BCUT2D eigenvalue weighted by molar-refractivity contribution is -0.138. The first-order chi connectivity index (χ1) is 15.8. The van der Waals surface area contributed by atoms with Crippen LogP contribution in [-0.4, -0.2) is 44.3 Å². The molecule has 1 aliphatic carbocycles. The fraction of sp³-hybridized carbons (Fsp3) is 0.273. The highest BCUT2D eigenvalue weighted by Gasteiger charge is 2.27. The molecular formula is C22H19F3N6OS. The van der Waals surface area contributed by atoms with Gasteiger partial charge in [-0.25, -0.2) is 4.98 Å². The Hall–Kier alpha value is -3.47. The molecule has 0 unspecified atom stereocenters. The number of hydrogen-bond donors (Lipinski definition) is 2. The number of rotatable bonds is 7. The van der Waals surface area contributed by atoms with Gasteiger partial charge in [-0.1, -0.05) is 29.5 Å². The molecule has 170 valence electrons. The number of hydrogen-bond acceptors (Lipinski definition) is 6. The van der Waals surface area contributed by atoms with Crippen molar-refractivity contribution in [1.82, 2.24) is 24.9 Å². The summed E-state index contributed by atoms with van der Waals surface area (Å²) in [6.07, 6.45) is 1.37. The number of pyridine rings is 1. The van der Waals surface area contributed by atoms with Crippen molar-refractivity contribution < 1.29 is 18.0 Å². The van der Waals surface area contributed by atoms with E-state index in [0.717, 1.165) is 45.4 Å². The normalized spacial score (nSPS) is 13.9. The topological polar surface area (TPSA) is 84.2 Å². The van der Waals surface area contributed by atoms with Crippen molar-refractivity contribution in [3.05, 3.63) is 54.4 Å². The van der Waals surface area contributed by atoms with Crippen LogP contribution in [0.3, 0.4) is 0 Å². The van der Waals surface area contributed by atoms with Gasteiger partial charge in [-0.2, -0.15) is 13.2 Å². The van der Waals surface area contributed by atoms with Crippen LogP contribution in [0.5, 0.6) is 0 Å². The molecule has 1 aromatic carbocycles. The quantitative estimate of drug-likeness (QED) is 0.419. The molecular weight excluding hydrogens is 453 g/mol. The van der Waals surface area contributed by atoms with Crippen molar-refractivity contribution in [2.45, 2.75) is 31.5 Å². The van der Waals surface area contributed by atoms with Gasteiger partial charge in [0.25, 0.3) is 0 Å². The molecule has 7 nitrogen and oxygen atoms in total. The van der Waals surface area contributed by atoms with Crippen molar-refractivity contribution in [1.29, 1.82) is 0 Å². The Morgan fingerprint density at radius 2 is 2.00 bits per heavy atom. The van der Waals surface area contributed by atoms with Crippen LogP contribution in [0.25, 0.3) is 27.5 Å². The van der Waals surface area contributed by atoms with Gasteiger partial charge < -0.3 is 10.6 Å². The van der Waals surface area contributed by atoms with Gasteiger partial charge in [0, 0.05) is 23.4 Å². The van der Waals surface area contributed by atoms with Gasteiger partial charge in [0.05, 0.1) is 18.3 Å². The van der Waals surface area contributed by atoms with Crippen LogP contribution in [0.2, 0.25) is 0 Å². The van der Waals surface area contributed by atoms with Crippen LogP contribution in [0, 0.1) is 0 Å². The number of fused-ring (bicyclic) bond motifs is 1. The van der Waals surface area contributed by atoms with Gasteiger partial charge in [-0.05, 0) is 36.6 Å². The largest absolute Gasteiger partial charge is 0.405 e. The molecule has 0 spiro atoms. The summed E-state index contributed by atoms with van der Waals surface area (Å²) in [5.74, 6) is -0.681. The number of alkyl halides is 3. The van der Waals surface area contributed by atoms with Crippen molar-refractivity contribution in [2.24, 2.45) is 0 Å². The van der Waals surface area contributed by atoms with Gasteiger partial charge >= 0.3 is 6.18 Å². The number of imidazole rings is 1. The summed E-state index contributed by atoms with van der Waals surface area (Å²) in [5.41, 5.74) is 3.87. The fourth-order valence-corrected chi connectivity index (χ4v) is 4.23. The summed E-state index contributed by atoms with van der Waals surface area (Å²) in [5, 5.41) is 15.3. The second-order valence-corrected chi connectivity index (χ2v) is 8.86. The minimum absolute atomic E-state index is 0.140. The van der Waals surface area contributed by atoms with E-state index < -0.39 is 18.6 Å². The molecule has 11 heteroatoms. The van der Waals surface area contributed by atoms with E-state index in [-0.39, 0.29) is 6.42 Å². The average molecular weight is 472 g/mol. The maximum absolute atomic E-state index is 12.3. The van der Waals surface area contributed by atoms with Gasteiger partial charge in [0.2, 0.25) is 11.0 Å². The molecule has 3 heterocycles. The molecule has 1 amide bonds. The van der Waals surface area contributed by atoms with Crippen molar-refractivity contribution in [2.75, 3.05) is 11.9 Å². The zero-order valence-electron chi connectivity index (χ0n) is 17.3. The number of anilines is 1. The standard InChI is InChI=1S/C22H19F3N6OS/c23-22(24,25)12-27-19(32)9-13-2-1-3-14(8-13)17-11-26-18-10-15(6-7-31(17)18)20-29-30-21(33-20)28-16-4-5-16/h1-3,6-8,10-11,16H,4-5,9,12H2,(H,27,32)(H,28,30). The Morgan fingerprint density at radius 1 is 1.15 bits per heavy atom. The first-order valence-electron chi connectivity index (χ1n) is 10.3. The highest BCUT2D eigenvalue weighted by Crippen LogP contribution is 2.32. The maximum atomic E-state index is 12.3. The number of carbonyl (C=O) groups is 1. The monoisotopic (exact) mass is 472 g/mol. The van der Waals surface area contributed by atoms with Gasteiger partial charge in [-0.15, -0.1) is 10.2 Å². The molecule has 33 heavy (non-hydrogen) atoms. The average Bonchev–Trinajstić information content (AvgIpc) is 3.30. The molecule has 0 radical (unpaired) electrons. The fourth-order valence-electron chi connectivity index (χ4n) is 3.42. The van der Waals surface area contributed by atoms with E-state index in [0.29, 0.717) is 11.6 Å². The number of nitrogens with zero attached hydrogens (tertiary/aromatic N) is 4. The lowest BCUT2D eigenvalue weighted by atomic mass is 10.1. The second-order valence-electron chi connectivity index (χ2n) is 7.89. The van der Waals surface area contributed by atoms with Crippen molar-refractivity contribution in [3.63, 3.8) is 0 Å². The Bertz CT molecular complexity index is 1310. The summed E-state index contributed by atoms with van der Waals surface area (Å²) in [7, 11) is 0. The Balaban J connectivity index is 1.34. The molecule has 2 N–H and O–H groups in total. The number of carbonyl (C=O) groups excluding carboxylic acids is 1. The summed E-state index contributed by atoms with van der Waals surface area (Å²) >= 11 is 1.50. The van der Waals surface area contributed by atoms with E-state index in [4.69, 9.17) is 0 Å². The van der Waals surface area contributed by atoms with E-state index in [9.17, 15) is 18.0 Å². The molecule has 0 bridgehead atoms. The zero-order valence-corrected chi connectivity index (χ0v) is 18.1. The van der Waals surface area contributed by atoms with Crippen LogP contribution in [-0.2, 0) is 11.2 Å². The third kappa shape index (κ3) is 5.14. The number of nitrogens with one attached hydrogen (secondary N) is 2. The van der Waals surface area contributed by atoms with Crippen molar-refractivity contribution >= 4 is 28.0 Å². The first-order valence-corrected chi connectivity index (χ1v) is 11.2. The smallest absolute Gasteiger partial charge is 0.357 e. The van der Waals surface area contributed by atoms with Crippen molar-refractivity contribution in [3.8, 4) is 21.8 Å². The molecule has 3 aromatic heterocycles. The molecule has 5 rings (SSSR count). The van der Waals surface area contributed by atoms with Gasteiger partial charge in [0.15, 0.2) is 0 Å². The number of amides is 1. The molecule has 0 saturated heterocycles. The Kier molecular flexibility index (Phi) is 5.49. The van der Waals surface area contributed by atoms with Crippen LogP contribution >= 0.6 is 11.3 Å². The SMILES string of the molecule is O=C(Cc1cccc(-c2cnc3cc(-c4nnc(NC5CC5)s4)ccn23)c1)NCC(F)(F)F. The molecule has 1 saturated carbocycles. The highest BCUT2D eigenvalue weighted by molar-refractivity contribution is 7.18. The lowest BCUT2D eigenvalue weighted by Crippen LogP contribution is -2.34. The summed E-state index contributed by atoms with van der Waals surface area (Å²) in [6, 6.07) is 11.5. The number of aromatic nitrogens is 4. The zero-order chi connectivity index (χ0) is 23.0. The summed E-state index contributed by atoms with van der Waals surface area (Å²) in [6.45, 7) is -1.34. The molecule has 0 atom stereocenters. The molecule has 4 aromatic rings. The summed E-state index contributed by atoms with van der Waals surface area (Å²) < 4.78 is 38.8. The Morgan fingerprint density at radius 3 is 2.79 bits per heavy atom. The first kappa shape index (κ1) is 21.4. The Labute approximate surface area is 190 Å². The lowest BCUT2D eigenvalue weighted by Gasteiger charge is -2.09. The minimum Gasteiger partial charge on any atom is -0.357 e. The predicted molar refractivity (Wildman–Crippen MR) is 119 cm³/mol. The van der Waals surface area contributed by atoms with Gasteiger partial charge in [-0.3, -0.25) is 9.20 Å². The minimum atomic E-state index is -4.43.